The lowest BCUT2D eigenvalue weighted by Crippen LogP contribution is -2.15. The van der Waals surface area contributed by atoms with Gasteiger partial charge in [-0.1, -0.05) is 0 Å². The summed E-state index contributed by atoms with van der Waals surface area (Å²) in [4.78, 5) is 11.6. The third-order valence-corrected chi connectivity index (χ3v) is 5.54. The summed E-state index contributed by atoms with van der Waals surface area (Å²) in [6.07, 6.45) is -3.44. The van der Waals surface area contributed by atoms with E-state index in [1.54, 1.807) is 17.8 Å². The zero-order chi connectivity index (χ0) is 22.9. The topological polar surface area (TPSA) is 79.5 Å². The molecule has 0 aromatic heterocycles. The average molecular weight is 453 g/mol. The van der Waals surface area contributed by atoms with Crippen LogP contribution < -0.4 is 9.47 Å². The lowest BCUT2D eigenvalue weighted by molar-refractivity contribution is -0.139. The molecule has 0 aliphatic rings. The molecule has 0 saturated heterocycles. The Morgan fingerprint density at radius 3 is 2.48 bits per heavy atom. The Balaban J connectivity index is 1.93. The van der Waals surface area contributed by atoms with Crippen molar-refractivity contribution in [2.24, 2.45) is 5.92 Å². The van der Waals surface area contributed by atoms with Crippen LogP contribution in [0.4, 0.5) is 13.2 Å². The van der Waals surface area contributed by atoms with E-state index in [4.69, 9.17) is 19.8 Å². The van der Waals surface area contributed by atoms with Gasteiger partial charge >= 0.3 is 12.1 Å². The molecule has 0 saturated carbocycles. The standard InChI is InChI=1S/C22H22F3NO4S/c1-15-11-19(8-9-20(15)30-13-21(27)28)31-14-16(3-2-10-26)12-29-18-6-4-17(5-7-18)22(23,24)25/h4-9,11,16H,2-3,12-14H2,1H3,(H,27,28). The minimum absolute atomic E-state index is 0.0233. The monoisotopic (exact) mass is 453 g/mol. The second-order valence-corrected chi connectivity index (χ2v) is 7.91. The summed E-state index contributed by atoms with van der Waals surface area (Å²) in [5.41, 5.74) is 0.0726. The molecule has 0 fully saturated rings. The van der Waals surface area contributed by atoms with E-state index in [9.17, 15) is 18.0 Å². The summed E-state index contributed by atoms with van der Waals surface area (Å²) in [5, 5.41) is 17.6. The van der Waals surface area contributed by atoms with Crippen molar-refractivity contribution in [1.82, 2.24) is 0 Å². The lowest BCUT2D eigenvalue weighted by Gasteiger charge is -2.17. The number of aliphatic carboxylic acids is 1. The molecule has 0 radical (unpaired) electrons. The highest BCUT2D eigenvalue weighted by Crippen LogP contribution is 2.31. The van der Waals surface area contributed by atoms with Gasteiger partial charge in [-0.2, -0.15) is 18.4 Å². The summed E-state index contributed by atoms with van der Waals surface area (Å²) in [5.74, 6) is 0.465. The predicted molar refractivity (Wildman–Crippen MR) is 110 cm³/mol. The van der Waals surface area contributed by atoms with Crippen molar-refractivity contribution < 1.29 is 32.5 Å². The molecule has 0 bridgehead atoms. The fourth-order valence-electron chi connectivity index (χ4n) is 2.66. The zero-order valence-electron chi connectivity index (χ0n) is 16.8. The number of nitrogens with zero attached hydrogens (tertiary/aromatic N) is 1. The number of nitriles is 1. The SMILES string of the molecule is Cc1cc(SCC(CCC#N)COc2ccc(C(F)(F)F)cc2)ccc1OCC(=O)O. The van der Waals surface area contributed by atoms with Crippen LogP contribution in [0.5, 0.6) is 11.5 Å². The zero-order valence-corrected chi connectivity index (χ0v) is 17.6. The first-order valence-electron chi connectivity index (χ1n) is 9.44. The molecule has 0 aliphatic carbocycles. The summed E-state index contributed by atoms with van der Waals surface area (Å²) >= 11 is 1.56. The number of halogens is 3. The lowest BCUT2D eigenvalue weighted by atomic mass is 10.1. The van der Waals surface area contributed by atoms with Gasteiger partial charge in [0.15, 0.2) is 6.61 Å². The van der Waals surface area contributed by atoms with Gasteiger partial charge in [0.05, 0.1) is 18.2 Å². The van der Waals surface area contributed by atoms with Crippen molar-refractivity contribution >= 4 is 17.7 Å². The number of thioether (sulfide) groups is 1. The molecule has 0 heterocycles. The first-order chi connectivity index (χ1) is 14.7. The van der Waals surface area contributed by atoms with Gasteiger partial charge in [-0.05, 0) is 61.4 Å². The summed E-state index contributed by atoms with van der Waals surface area (Å²) < 4.78 is 48.8. The number of alkyl halides is 3. The Morgan fingerprint density at radius 2 is 1.90 bits per heavy atom. The number of carbonyl (C=O) groups is 1. The van der Waals surface area contributed by atoms with Crippen molar-refractivity contribution in [2.45, 2.75) is 30.8 Å². The molecule has 2 rings (SSSR count). The van der Waals surface area contributed by atoms with Crippen molar-refractivity contribution in [2.75, 3.05) is 19.0 Å². The Morgan fingerprint density at radius 1 is 1.19 bits per heavy atom. The summed E-state index contributed by atoms with van der Waals surface area (Å²) in [6, 6.07) is 12.1. The van der Waals surface area contributed by atoms with Crippen LogP contribution in [0.2, 0.25) is 0 Å². The van der Waals surface area contributed by atoms with E-state index < -0.39 is 24.3 Å². The van der Waals surface area contributed by atoms with E-state index >= 15 is 0 Å². The third-order valence-electron chi connectivity index (χ3n) is 4.31. The van der Waals surface area contributed by atoms with Crippen molar-refractivity contribution in [1.29, 1.82) is 5.26 Å². The Bertz CT molecular complexity index is 910. The molecule has 1 unspecified atom stereocenters. The quantitative estimate of drug-likeness (QED) is 0.448. The van der Waals surface area contributed by atoms with E-state index in [2.05, 4.69) is 6.07 Å². The molecular weight excluding hydrogens is 431 g/mol. The molecule has 0 spiro atoms. The molecule has 1 atom stereocenters. The van der Waals surface area contributed by atoms with Crippen LogP contribution in [0.3, 0.4) is 0 Å². The largest absolute Gasteiger partial charge is 0.493 e. The molecule has 1 N–H and O–H groups in total. The molecule has 166 valence electrons. The van der Waals surface area contributed by atoms with E-state index in [1.807, 2.05) is 19.1 Å². The number of hydrogen-bond acceptors (Lipinski definition) is 5. The van der Waals surface area contributed by atoms with Crippen molar-refractivity contribution in [3.63, 3.8) is 0 Å². The second-order valence-electron chi connectivity index (χ2n) is 6.82. The summed E-state index contributed by atoms with van der Waals surface area (Å²) in [7, 11) is 0. The van der Waals surface area contributed by atoms with Crippen molar-refractivity contribution in [3.05, 3.63) is 53.6 Å². The number of benzene rings is 2. The second kappa shape index (κ2) is 11.5. The number of rotatable bonds is 11. The fourth-order valence-corrected chi connectivity index (χ4v) is 3.78. The maximum absolute atomic E-state index is 12.7. The highest BCUT2D eigenvalue weighted by Gasteiger charge is 2.30. The smallest absolute Gasteiger partial charge is 0.416 e. The normalized spacial score (nSPS) is 12.1. The molecule has 2 aromatic rings. The van der Waals surface area contributed by atoms with Gasteiger partial charge in [0.25, 0.3) is 0 Å². The third kappa shape index (κ3) is 8.42. The first-order valence-corrected chi connectivity index (χ1v) is 10.4. The van der Waals surface area contributed by atoms with Crippen LogP contribution in [-0.2, 0) is 11.0 Å². The molecule has 9 heteroatoms. The van der Waals surface area contributed by atoms with Gasteiger partial charge in [-0.3, -0.25) is 0 Å². The van der Waals surface area contributed by atoms with E-state index in [0.29, 0.717) is 30.1 Å². The van der Waals surface area contributed by atoms with Gasteiger partial charge in [-0.25, -0.2) is 4.79 Å². The minimum Gasteiger partial charge on any atom is -0.493 e. The minimum atomic E-state index is -4.39. The van der Waals surface area contributed by atoms with Crippen molar-refractivity contribution in [3.8, 4) is 17.6 Å². The molecular formula is C22H22F3NO4S. The van der Waals surface area contributed by atoms with Gasteiger partial charge < -0.3 is 14.6 Å². The van der Waals surface area contributed by atoms with Crippen LogP contribution in [0.25, 0.3) is 0 Å². The van der Waals surface area contributed by atoms with Crippen LogP contribution in [-0.4, -0.2) is 30.0 Å². The predicted octanol–water partition coefficient (Wildman–Crippen LogP) is 5.57. The Kier molecular flexibility index (Phi) is 9.06. The Labute approximate surface area is 182 Å². The van der Waals surface area contributed by atoms with E-state index in [0.717, 1.165) is 22.6 Å². The maximum atomic E-state index is 12.7. The van der Waals surface area contributed by atoms with Crippen LogP contribution in [0, 0.1) is 24.2 Å². The number of carboxylic acids is 1. The molecule has 31 heavy (non-hydrogen) atoms. The first kappa shape index (κ1) is 24.4. The number of hydrogen-bond donors (Lipinski definition) is 1. The highest BCUT2D eigenvalue weighted by atomic mass is 32.2. The Hall–Kier alpha value is -2.86. The number of carboxylic acid groups (broad SMARTS) is 1. The fraction of sp³-hybridized carbons (Fsp3) is 0.364. The summed E-state index contributed by atoms with van der Waals surface area (Å²) in [6.45, 7) is 1.69. The number of aryl methyl sites for hydroxylation is 1. The van der Waals surface area contributed by atoms with Crippen LogP contribution in [0.15, 0.2) is 47.4 Å². The van der Waals surface area contributed by atoms with E-state index in [-0.39, 0.29) is 12.5 Å². The van der Waals surface area contributed by atoms with Gasteiger partial charge in [0, 0.05) is 23.0 Å². The van der Waals surface area contributed by atoms with Gasteiger partial charge in [0.1, 0.15) is 11.5 Å². The highest BCUT2D eigenvalue weighted by molar-refractivity contribution is 7.99. The maximum Gasteiger partial charge on any atom is 0.416 e. The average Bonchev–Trinajstić information content (AvgIpc) is 2.72. The molecule has 5 nitrogen and oxygen atoms in total. The van der Waals surface area contributed by atoms with Gasteiger partial charge in [0.2, 0.25) is 0 Å². The molecule has 0 amide bonds. The molecule has 2 aromatic carbocycles. The van der Waals surface area contributed by atoms with E-state index in [1.165, 1.54) is 12.1 Å². The number of ether oxygens (including phenoxy) is 2. The molecule has 0 aliphatic heterocycles. The van der Waals surface area contributed by atoms with Gasteiger partial charge in [-0.15, -0.1) is 11.8 Å². The van der Waals surface area contributed by atoms with Crippen LogP contribution in [0.1, 0.15) is 24.0 Å². The van der Waals surface area contributed by atoms with Crippen LogP contribution >= 0.6 is 11.8 Å².